The van der Waals surface area contributed by atoms with Gasteiger partial charge >= 0.3 is 11.9 Å². The zero-order valence-corrected chi connectivity index (χ0v) is 19.8. The van der Waals surface area contributed by atoms with Crippen LogP contribution in [0.25, 0.3) is 0 Å². The number of carboxylic acid groups (broad SMARTS) is 2. The summed E-state index contributed by atoms with van der Waals surface area (Å²) in [7, 11) is 0. The molecule has 2 aromatic rings. The maximum Gasteiger partial charge on any atom is 0.311 e. The highest BCUT2D eigenvalue weighted by molar-refractivity contribution is 5.77. The second-order valence-electron chi connectivity index (χ2n) is 7.22. The van der Waals surface area contributed by atoms with E-state index < -0.39 is 11.9 Å². The second kappa shape index (κ2) is 15.9. The summed E-state index contributed by atoms with van der Waals surface area (Å²) in [6.07, 6.45) is 1.76. The molecule has 2 radical (unpaired) electrons. The predicted octanol–water partition coefficient (Wildman–Crippen LogP) is 4.60. The molecule has 0 fully saturated rings. The van der Waals surface area contributed by atoms with Gasteiger partial charge in [0.2, 0.25) is 0 Å². The van der Waals surface area contributed by atoms with Crippen LogP contribution in [0.15, 0.2) is 60.7 Å². The monoisotopic (exact) mass is 426 g/mol. The van der Waals surface area contributed by atoms with Gasteiger partial charge in [-0.15, -0.1) is 0 Å². The summed E-state index contributed by atoms with van der Waals surface area (Å²) in [5.41, 5.74) is 1.80. The summed E-state index contributed by atoms with van der Waals surface area (Å²) in [5, 5.41) is 18.3. The summed E-state index contributed by atoms with van der Waals surface area (Å²) in [4.78, 5) is 22.2. The minimum Gasteiger partial charge on any atom is -0.481 e. The van der Waals surface area contributed by atoms with Crippen LogP contribution in [-0.2, 0) is 9.59 Å². The number of benzene rings is 2. The summed E-state index contributed by atoms with van der Waals surface area (Å²) < 4.78 is 0. The van der Waals surface area contributed by atoms with Gasteiger partial charge in [-0.3, -0.25) is 9.59 Å². The first-order chi connectivity index (χ1) is 13.3. The third kappa shape index (κ3) is 9.28. The van der Waals surface area contributed by atoms with Crippen molar-refractivity contribution in [3.63, 3.8) is 0 Å². The fourth-order valence-corrected chi connectivity index (χ4v) is 3.22. The van der Waals surface area contributed by atoms with E-state index >= 15 is 0 Å². The fraction of sp³-hybridized carbons (Fsp3) is 0.417. The zero-order valence-electron chi connectivity index (χ0n) is 18.4. The SMILES string of the molecule is CCC(C)C(C(=O)O)c1ccccc1.CCC(C)C(C(=O)O)c1ccccc1.O.[Mg]. The van der Waals surface area contributed by atoms with Crippen LogP contribution in [0, 0.1) is 11.8 Å². The number of aliphatic carboxylic acids is 2. The lowest BCUT2D eigenvalue weighted by Gasteiger charge is -2.18. The van der Waals surface area contributed by atoms with Crippen LogP contribution in [0.4, 0.5) is 0 Å². The molecule has 0 heterocycles. The Labute approximate surface area is 196 Å². The van der Waals surface area contributed by atoms with E-state index in [1.54, 1.807) is 0 Å². The Bertz CT molecular complexity index is 657. The summed E-state index contributed by atoms with van der Waals surface area (Å²) in [6.45, 7) is 7.99. The van der Waals surface area contributed by atoms with Gasteiger partial charge in [-0.05, 0) is 23.0 Å². The molecule has 2 rings (SSSR count). The van der Waals surface area contributed by atoms with Crippen molar-refractivity contribution in [2.45, 2.75) is 52.4 Å². The van der Waals surface area contributed by atoms with Gasteiger partial charge < -0.3 is 15.7 Å². The molecule has 0 saturated heterocycles. The maximum atomic E-state index is 11.1. The molecule has 0 spiro atoms. The zero-order chi connectivity index (χ0) is 21.1. The van der Waals surface area contributed by atoms with Crippen molar-refractivity contribution in [3.8, 4) is 0 Å². The third-order valence-electron chi connectivity index (χ3n) is 5.28. The van der Waals surface area contributed by atoms with Gasteiger partial charge in [-0.1, -0.05) is 101 Å². The van der Waals surface area contributed by atoms with E-state index in [9.17, 15) is 9.59 Å². The van der Waals surface area contributed by atoms with Crippen molar-refractivity contribution in [1.82, 2.24) is 0 Å². The molecular formula is C24H34MgO5. The molecule has 4 N–H and O–H groups in total. The van der Waals surface area contributed by atoms with Crippen LogP contribution in [0.5, 0.6) is 0 Å². The van der Waals surface area contributed by atoms with Crippen LogP contribution in [0.1, 0.15) is 63.5 Å². The molecule has 162 valence electrons. The minimum atomic E-state index is -0.731. The van der Waals surface area contributed by atoms with Crippen molar-refractivity contribution >= 4 is 35.0 Å². The average molecular weight is 427 g/mol. The first-order valence-electron chi connectivity index (χ1n) is 9.88. The Morgan fingerprint density at radius 1 is 0.700 bits per heavy atom. The predicted molar refractivity (Wildman–Crippen MR) is 122 cm³/mol. The highest BCUT2D eigenvalue weighted by Crippen LogP contribution is 2.27. The van der Waals surface area contributed by atoms with E-state index in [0.29, 0.717) is 0 Å². The number of carboxylic acids is 2. The molecule has 0 aliphatic carbocycles. The lowest BCUT2D eigenvalue weighted by atomic mass is 9.86. The Morgan fingerprint density at radius 3 is 1.17 bits per heavy atom. The van der Waals surface area contributed by atoms with Crippen LogP contribution < -0.4 is 0 Å². The van der Waals surface area contributed by atoms with E-state index in [1.165, 1.54) is 0 Å². The average Bonchev–Trinajstić information content (AvgIpc) is 2.69. The second-order valence-corrected chi connectivity index (χ2v) is 7.22. The Balaban J connectivity index is 0. The number of rotatable bonds is 8. The lowest BCUT2D eigenvalue weighted by Crippen LogP contribution is -2.18. The van der Waals surface area contributed by atoms with E-state index in [1.807, 2.05) is 88.4 Å². The first kappa shape index (κ1) is 30.3. The molecule has 30 heavy (non-hydrogen) atoms. The number of carbonyl (C=O) groups is 2. The number of hydrogen-bond donors (Lipinski definition) is 2. The van der Waals surface area contributed by atoms with E-state index in [0.717, 1.165) is 24.0 Å². The van der Waals surface area contributed by atoms with Crippen LogP contribution in [0.2, 0.25) is 0 Å². The van der Waals surface area contributed by atoms with E-state index in [2.05, 4.69) is 0 Å². The van der Waals surface area contributed by atoms with E-state index in [4.69, 9.17) is 10.2 Å². The van der Waals surface area contributed by atoms with Crippen LogP contribution in [0.3, 0.4) is 0 Å². The molecule has 0 bridgehead atoms. The van der Waals surface area contributed by atoms with Gasteiger partial charge in [0.25, 0.3) is 0 Å². The van der Waals surface area contributed by atoms with Crippen LogP contribution in [-0.4, -0.2) is 50.7 Å². The van der Waals surface area contributed by atoms with Gasteiger partial charge in [-0.25, -0.2) is 0 Å². The largest absolute Gasteiger partial charge is 0.481 e. The molecule has 4 atom stereocenters. The molecule has 4 unspecified atom stereocenters. The smallest absolute Gasteiger partial charge is 0.311 e. The van der Waals surface area contributed by atoms with Crippen molar-refractivity contribution in [1.29, 1.82) is 0 Å². The first-order valence-corrected chi connectivity index (χ1v) is 9.88. The van der Waals surface area contributed by atoms with Crippen molar-refractivity contribution < 1.29 is 25.3 Å². The summed E-state index contributed by atoms with van der Waals surface area (Å²) in [5.74, 6) is -1.86. The molecule has 0 amide bonds. The maximum absolute atomic E-state index is 11.1. The normalized spacial score (nSPS) is 13.7. The highest BCUT2D eigenvalue weighted by Gasteiger charge is 2.25. The van der Waals surface area contributed by atoms with Gasteiger partial charge in [-0.2, -0.15) is 0 Å². The Kier molecular flexibility index (Phi) is 16.0. The molecule has 2 aromatic carbocycles. The van der Waals surface area contributed by atoms with Gasteiger partial charge in [0.05, 0.1) is 11.8 Å². The van der Waals surface area contributed by atoms with Crippen molar-refractivity contribution in [2.24, 2.45) is 11.8 Å². The molecule has 6 heteroatoms. The van der Waals surface area contributed by atoms with Gasteiger partial charge in [0.15, 0.2) is 0 Å². The third-order valence-corrected chi connectivity index (χ3v) is 5.28. The van der Waals surface area contributed by atoms with Gasteiger partial charge in [0, 0.05) is 23.1 Å². The molecule has 0 aliphatic rings. The fourth-order valence-electron chi connectivity index (χ4n) is 3.22. The van der Waals surface area contributed by atoms with E-state index in [-0.39, 0.29) is 52.2 Å². The molecule has 0 aromatic heterocycles. The molecule has 5 nitrogen and oxygen atoms in total. The van der Waals surface area contributed by atoms with Crippen molar-refractivity contribution in [3.05, 3.63) is 71.8 Å². The summed E-state index contributed by atoms with van der Waals surface area (Å²) in [6, 6.07) is 18.9. The Morgan fingerprint density at radius 2 is 0.967 bits per heavy atom. The quantitative estimate of drug-likeness (QED) is 0.601. The molecular weight excluding hydrogens is 393 g/mol. The van der Waals surface area contributed by atoms with Crippen molar-refractivity contribution in [2.75, 3.05) is 0 Å². The minimum absolute atomic E-state index is 0. The lowest BCUT2D eigenvalue weighted by molar-refractivity contribution is -0.141. The highest BCUT2D eigenvalue weighted by atomic mass is 24.3. The molecule has 0 saturated carbocycles. The number of hydrogen-bond acceptors (Lipinski definition) is 2. The van der Waals surface area contributed by atoms with Gasteiger partial charge in [0.1, 0.15) is 0 Å². The topological polar surface area (TPSA) is 106 Å². The standard InChI is InChI=1S/2C12H16O2.Mg.H2O/c2*1-3-9(2)11(12(13)14)10-7-5-4-6-8-10;;/h2*4-9,11H,3H2,1-2H3,(H,13,14);;1H2. The summed E-state index contributed by atoms with van der Waals surface area (Å²) >= 11 is 0. The van der Waals surface area contributed by atoms with Crippen LogP contribution >= 0.6 is 0 Å². The molecule has 0 aliphatic heterocycles. The Hall–Kier alpha value is -1.89.